The molecule has 0 spiro atoms. The highest BCUT2D eigenvalue weighted by Crippen LogP contribution is 2.35. The number of ether oxygens (including phenoxy) is 2. The topological polar surface area (TPSA) is 52.6 Å². The van der Waals surface area contributed by atoms with Gasteiger partial charge >= 0.3 is 11.9 Å². The second-order valence-corrected chi connectivity index (χ2v) is 4.17. The van der Waals surface area contributed by atoms with Gasteiger partial charge < -0.3 is 9.47 Å². The Labute approximate surface area is 88.2 Å². The summed E-state index contributed by atoms with van der Waals surface area (Å²) in [6, 6.07) is 0. The van der Waals surface area contributed by atoms with Crippen molar-refractivity contribution in [2.45, 2.75) is 39.4 Å². The molecule has 4 nitrogen and oxygen atoms in total. The first-order valence-corrected chi connectivity index (χ1v) is 5.08. The van der Waals surface area contributed by atoms with Crippen LogP contribution < -0.4 is 0 Å². The molecule has 0 aromatic carbocycles. The van der Waals surface area contributed by atoms with Gasteiger partial charge in [0, 0.05) is 0 Å². The molecule has 3 unspecified atom stereocenters. The fraction of sp³-hybridized carbons (Fsp3) is 0.636. The van der Waals surface area contributed by atoms with E-state index in [4.69, 9.17) is 4.74 Å². The average Bonchev–Trinajstić information content (AvgIpc) is 2.61. The van der Waals surface area contributed by atoms with Crippen LogP contribution in [0.4, 0.5) is 0 Å². The molecule has 15 heavy (non-hydrogen) atoms. The lowest BCUT2D eigenvalue weighted by Crippen LogP contribution is -2.26. The Morgan fingerprint density at radius 3 is 2.27 bits per heavy atom. The van der Waals surface area contributed by atoms with Gasteiger partial charge in [-0.15, -0.1) is 0 Å². The lowest BCUT2D eigenvalue weighted by molar-refractivity contribution is -0.154. The van der Waals surface area contributed by atoms with Crippen LogP contribution in [0.25, 0.3) is 0 Å². The van der Waals surface area contributed by atoms with Gasteiger partial charge in [-0.25, -0.2) is 0 Å². The standard InChI is InChI=1S/C11H14O4/c1-5-6(2)10(14-7(5)3)8-4-9(12)15-11(8)13/h7-8,10H,4H2,1-3H3. The van der Waals surface area contributed by atoms with Gasteiger partial charge in [0.2, 0.25) is 0 Å². The molecule has 2 heterocycles. The molecule has 1 saturated heterocycles. The number of hydrogen-bond donors (Lipinski definition) is 0. The minimum atomic E-state index is -0.453. The molecular formula is C11H14O4. The first-order valence-electron chi connectivity index (χ1n) is 5.08. The average molecular weight is 210 g/mol. The number of rotatable bonds is 1. The molecule has 0 aliphatic carbocycles. The first-order chi connectivity index (χ1) is 7.00. The van der Waals surface area contributed by atoms with Crippen LogP contribution in [0.1, 0.15) is 27.2 Å². The second-order valence-electron chi connectivity index (χ2n) is 4.17. The van der Waals surface area contributed by atoms with Crippen molar-refractivity contribution in [1.82, 2.24) is 0 Å². The maximum absolute atomic E-state index is 11.4. The number of cyclic esters (lactones) is 2. The minimum Gasteiger partial charge on any atom is -0.393 e. The molecule has 0 amide bonds. The zero-order valence-electron chi connectivity index (χ0n) is 9.07. The van der Waals surface area contributed by atoms with Crippen molar-refractivity contribution in [2.24, 2.45) is 5.92 Å². The molecule has 3 atom stereocenters. The molecule has 2 rings (SSSR count). The van der Waals surface area contributed by atoms with E-state index >= 15 is 0 Å². The Morgan fingerprint density at radius 1 is 1.20 bits per heavy atom. The van der Waals surface area contributed by atoms with E-state index in [1.165, 1.54) is 0 Å². The predicted octanol–water partition coefficient (Wildman–Crippen LogP) is 1.20. The summed E-state index contributed by atoms with van der Waals surface area (Å²) < 4.78 is 10.2. The van der Waals surface area contributed by atoms with Crippen LogP contribution in [0.3, 0.4) is 0 Å². The Kier molecular flexibility index (Phi) is 2.38. The second kappa shape index (κ2) is 3.45. The van der Waals surface area contributed by atoms with E-state index in [0.717, 1.165) is 11.1 Å². The summed E-state index contributed by atoms with van der Waals surface area (Å²) in [7, 11) is 0. The lowest BCUT2D eigenvalue weighted by Gasteiger charge is -2.16. The van der Waals surface area contributed by atoms with Gasteiger partial charge in [-0.05, 0) is 31.9 Å². The Morgan fingerprint density at radius 2 is 1.87 bits per heavy atom. The van der Waals surface area contributed by atoms with Gasteiger partial charge in [0.05, 0.1) is 24.5 Å². The quantitative estimate of drug-likeness (QED) is 0.370. The molecule has 0 aromatic rings. The van der Waals surface area contributed by atoms with Crippen LogP contribution in [0.2, 0.25) is 0 Å². The van der Waals surface area contributed by atoms with E-state index in [1.807, 2.05) is 20.8 Å². The van der Waals surface area contributed by atoms with Crippen molar-refractivity contribution in [3.05, 3.63) is 11.1 Å². The maximum Gasteiger partial charge on any atom is 0.320 e. The Bertz CT molecular complexity index is 356. The summed E-state index contributed by atoms with van der Waals surface area (Å²) in [5.74, 6) is -1.35. The van der Waals surface area contributed by atoms with Gasteiger partial charge in [0.15, 0.2) is 0 Å². The summed E-state index contributed by atoms with van der Waals surface area (Å²) in [5, 5.41) is 0. The maximum atomic E-state index is 11.4. The molecule has 82 valence electrons. The van der Waals surface area contributed by atoms with Crippen molar-refractivity contribution in [2.75, 3.05) is 0 Å². The number of carbonyl (C=O) groups excluding carboxylic acids is 2. The largest absolute Gasteiger partial charge is 0.393 e. The predicted molar refractivity (Wildman–Crippen MR) is 51.9 cm³/mol. The highest BCUT2D eigenvalue weighted by Gasteiger charge is 2.44. The van der Waals surface area contributed by atoms with Crippen molar-refractivity contribution >= 4 is 11.9 Å². The lowest BCUT2D eigenvalue weighted by atomic mass is 9.94. The van der Waals surface area contributed by atoms with E-state index in [2.05, 4.69) is 4.74 Å². The molecule has 1 fully saturated rings. The third-order valence-corrected chi connectivity index (χ3v) is 3.28. The zero-order chi connectivity index (χ0) is 11.2. The van der Waals surface area contributed by atoms with Crippen LogP contribution in [0, 0.1) is 5.92 Å². The highest BCUT2D eigenvalue weighted by atomic mass is 16.6. The van der Waals surface area contributed by atoms with Gasteiger partial charge in [-0.2, -0.15) is 0 Å². The molecule has 2 aliphatic heterocycles. The summed E-state index contributed by atoms with van der Waals surface area (Å²) >= 11 is 0. The van der Waals surface area contributed by atoms with Gasteiger partial charge in [-0.3, -0.25) is 9.59 Å². The summed E-state index contributed by atoms with van der Waals surface area (Å²) in [5.41, 5.74) is 2.20. The smallest absolute Gasteiger partial charge is 0.320 e. The SMILES string of the molecule is CC1=C(C)C(C2CC(=O)OC2=O)OC1C. The summed E-state index contributed by atoms with van der Waals surface area (Å²) in [4.78, 5) is 22.4. The van der Waals surface area contributed by atoms with Crippen molar-refractivity contribution in [1.29, 1.82) is 0 Å². The Hall–Kier alpha value is -1.16. The number of carbonyl (C=O) groups is 2. The fourth-order valence-electron chi connectivity index (χ4n) is 2.09. The van der Waals surface area contributed by atoms with Crippen LogP contribution in [-0.4, -0.2) is 24.1 Å². The van der Waals surface area contributed by atoms with Gasteiger partial charge in [0.1, 0.15) is 0 Å². The number of hydrogen-bond acceptors (Lipinski definition) is 4. The summed E-state index contributed by atoms with van der Waals surface area (Å²) in [6.45, 7) is 5.88. The molecule has 0 bridgehead atoms. The van der Waals surface area contributed by atoms with Crippen molar-refractivity contribution in [3.8, 4) is 0 Å². The normalized spacial score (nSPS) is 36.3. The molecule has 0 saturated carbocycles. The van der Waals surface area contributed by atoms with E-state index in [9.17, 15) is 9.59 Å². The van der Waals surface area contributed by atoms with Crippen LogP contribution >= 0.6 is 0 Å². The van der Waals surface area contributed by atoms with E-state index in [0.29, 0.717) is 0 Å². The fourth-order valence-corrected chi connectivity index (χ4v) is 2.09. The van der Waals surface area contributed by atoms with Crippen molar-refractivity contribution in [3.63, 3.8) is 0 Å². The third kappa shape index (κ3) is 1.59. The summed E-state index contributed by atoms with van der Waals surface area (Å²) in [6.07, 6.45) is -0.113. The van der Waals surface area contributed by atoms with E-state index in [-0.39, 0.29) is 18.6 Å². The Balaban J connectivity index is 2.20. The van der Waals surface area contributed by atoms with Crippen LogP contribution in [0.15, 0.2) is 11.1 Å². The zero-order valence-corrected chi connectivity index (χ0v) is 9.07. The minimum absolute atomic E-state index is 0.0264. The molecule has 2 aliphatic rings. The highest BCUT2D eigenvalue weighted by molar-refractivity contribution is 5.95. The van der Waals surface area contributed by atoms with Gasteiger partial charge in [0.25, 0.3) is 0 Å². The van der Waals surface area contributed by atoms with Crippen LogP contribution in [-0.2, 0) is 19.1 Å². The molecule has 0 radical (unpaired) electrons. The van der Waals surface area contributed by atoms with Crippen LogP contribution in [0.5, 0.6) is 0 Å². The van der Waals surface area contributed by atoms with Gasteiger partial charge in [-0.1, -0.05) is 0 Å². The van der Waals surface area contributed by atoms with E-state index < -0.39 is 17.9 Å². The van der Waals surface area contributed by atoms with Crippen molar-refractivity contribution < 1.29 is 19.1 Å². The number of esters is 2. The molecular weight excluding hydrogens is 196 g/mol. The molecule has 0 aromatic heterocycles. The molecule has 0 N–H and O–H groups in total. The molecule has 4 heteroatoms. The van der Waals surface area contributed by atoms with E-state index in [1.54, 1.807) is 0 Å². The third-order valence-electron chi connectivity index (χ3n) is 3.28. The first kappa shape index (κ1) is 10.4. The monoisotopic (exact) mass is 210 g/mol.